The van der Waals surface area contributed by atoms with Crippen LogP contribution < -0.4 is 5.32 Å². The Hall–Kier alpha value is -2.84. The molecular formula is C24H26N4O. The molecule has 0 spiro atoms. The van der Waals surface area contributed by atoms with Crippen molar-refractivity contribution in [2.24, 2.45) is 5.92 Å². The van der Waals surface area contributed by atoms with Crippen LogP contribution >= 0.6 is 0 Å². The molecule has 5 heteroatoms. The van der Waals surface area contributed by atoms with Crippen molar-refractivity contribution in [2.75, 3.05) is 25.0 Å². The molecule has 2 atom stereocenters. The van der Waals surface area contributed by atoms with Gasteiger partial charge in [-0.1, -0.05) is 42.8 Å². The van der Waals surface area contributed by atoms with E-state index in [1.165, 1.54) is 45.2 Å². The monoisotopic (exact) mass is 386 g/mol. The molecular weight excluding hydrogens is 360 g/mol. The smallest absolute Gasteiger partial charge is 0.232 e. The zero-order chi connectivity index (χ0) is 19.6. The number of nitriles is 1. The summed E-state index contributed by atoms with van der Waals surface area (Å²) in [7, 11) is 0. The molecule has 0 amide bonds. The largest absolute Gasteiger partial charge is 0.419 e. The number of benzene rings is 2. The topological polar surface area (TPSA) is 65.1 Å². The van der Waals surface area contributed by atoms with Crippen LogP contribution in [0.5, 0.6) is 0 Å². The average molecular weight is 386 g/mol. The summed E-state index contributed by atoms with van der Waals surface area (Å²) in [6.07, 6.45) is 6.43. The lowest BCUT2D eigenvalue weighted by molar-refractivity contribution is 0.0647. The van der Waals surface area contributed by atoms with Gasteiger partial charge in [-0.3, -0.25) is 0 Å². The van der Waals surface area contributed by atoms with E-state index in [0.29, 0.717) is 29.4 Å². The standard InChI is InChI=1S/C24H26N4O/c25-15-21-24(26-16-18-9-6-14-28-13-4-3-12-22(18)28)29-23(27-21)20-11-5-8-17-7-1-2-10-19(17)20/h1-2,5,7-8,10-11,18,22,26H,3-4,6,9,12-14,16H2/t18-,22+/m0/s1. The number of hydrogen-bond acceptors (Lipinski definition) is 5. The molecule has 0 radical (unpaired) electrons. The Morgan fingerprint density at radius 2 is 1.93 bits per heavy atom. The molecule has 5 rings (SSSR count). The highest BCUT2D eigenvalue weighted by atomic mass is 16.4. The molecule has 2 aliphatic rings. The Balaban J connectivity index is 1.39. The Labute approximate surface area is 171 Å². The summed E-state index contributed by atoms with van der Waals surface area (Å²) in [5.41, 5.74) is 1.26. The molecule has 3 aromatic rings. The molecule has 1 aromatic heterocycles. The number of nitrogens with one attached hydrogen (secondary N) is 1. The van der Waals surface area contributed by atoms with Crippen LogP contribution in [0.1, 0.15) is 37.8 Å². The van der Waals surface area contributed by atoms with E-state index in [1.807, 2.05) is 24.3 Å². The van der Waals surface area contributed by atoms with Crippen molar-refractivity contribution in [1.82, 2.24) is 9.88 Å². The molecule has 0 unspecified atom stereocenters. The van der Waals surface area contributed by atoms with E-state index in [0.717, 1.165) is 22.9 Å². The van der Waals surface area contributed by atoms with E-state index < -0.39 is 0 Å². The first-order chi connectivity index (χ1) is 14.3. The maximum Gasteiger partial charge on any atom is 0.232 e. The van der Waals surface area contributed by atoms with Crippen molar-refractivity contribution < 1.29 is 4.42 Å². The fraction of sp³-hybridized carbons (Fsp3) is 0.417. The van der Waals surface area contributed by atoms with E-state index in [-0.39, 0.29) is 0 Å². The number of aromatic nitrogens is 1. The molecule has 0 saturated carbocycles. The van der Waals surface area contributed by atoms with Gasteiger partial charge in [0, 0.05) is 18.2 Å². The maximum absolute atomic E-state index is 9.60. The second kappa shape index (κ2) is 7.88. The Morgan fingerprint density at radius 1 is 1.07 bits per heavy atom. The third-order valence-electron chi connectivity index (χ3n) is 6.51. The van der Waals surface area contributed by atoms with Gasteiger partial charge in [0.1, 0.15) is 6.07 Å². The predicted molar refractivity (Wildman–Crippen MR) is 115 cm³/mol. The van der Waals surface area contributed by atoms with E-state index in [9.17, 15) is 5.26 Å². The van der Waals surface area contributed by atoms with Crippen molar-refractivity contribution in [2.45, 2.75) is 38.1 Å². The van der Waals surface area contributed by atoms with Crippen LogP contribution in [0, 0.1) is 17.2 Å². The van der Waals surface area contributed by atoms with Gasteiger partial charge in [-0.15, -0.1) is 0 Å². The Morgan fingerprint density at radius 3 is 2.86 bits per heavy atom. The van der Waals surface area contributed by atoms with Crippen LogP contribution in [0.25, 0.3) is 22.2 Å². The van der Waals surface area contributed by atoms with Crippen molar-refractivity contribution in [3.63, 3.8) is 0 Å². The first-order valence-electron chi connectivity index (χ1n) is 10.7. The lowest BCUT2D eigenvalue weighted by Crippen LogP contribution is -2.49. The molecule has 0 aliphatic carbocycles. The predicted octanol–water partition coefficient (Wildman–Crippen LogP) is 5.04. The molecule has 29 heavy (non-hydrogen) atoms. The van der Waals surface area contributed by atoms with Gasteiger partial charge in [-0.05, 0) is 61.5 Å². The second-order valence-corrected chi connectivity index (χ2v) is 8.22. The van der Waals surface area contributed by atoms with Gasteiger partial charge in [0.25, 0.3) is 0 Å². The van der Waals surface area contributed by atoms with Crippen LogP contribution in [0.15, 0.2) is 46.9 Å². The Kier molecular flexibility index (Phi) is 4.95. The number of piperidine rings is 2. The lowest BCUT2D eigenvalue weighted by Gasteiger charge is -2.44. The number of fused-ring (bicyclic) bond motifs is 2. The average Bonchev–Trinajstić information content (AvgIpc) is 3.20. The molecule has 2 fully saturated rings. The highest BCUT2D eigenvalue weighted by Crippen LogP contribution is 2.33. The maximum atomic E-state index is 9.60. The zero-order valence-corrected chi connectivity index (χ0v) is 16.6. The summed E-state index contributed by atoms with van der Waals surface area (Å²) in [6, 6.07) is 17.1. The van der Waals surface area contributed by atoms with Crippen molar-refractivity contribution in [1.29, 1.82) is 5.26 Å². The normalized spacial score (nSPS) is 22.2. The summed E-state index contributed by atoms with van der Waals surface area (Å²) in [5.74, 6) is 1.61. The van der Waals surface area contributed by atoms with Crippen LogP contribution in [0.3, 0.4) is 0 Å². The fourth-order valence-corrected chi connectivity index (χ4v) is 5.08. The van der Waals surface area contributed by atoms with Crippen LogP contribution in [0.4, 0.5) is 5.88 Å². The van der Waals surface area contributed by atoms with Crippen LogP contribution in [-0.2, 0) is 0 Å². The number of nitrogens with zero attached hydrogens (tertiary/aromatic N) is 3. The number of rotatable bonds is 4. The Bertz CT molecular complexity index is 1040. The minimum atomic E-state index is 0.337. The molecule has 3 heterocycles. The first kappa shape index (κ1) is 18.2. The number of oxazole rings is 1. The molecule has 2 saturated heterocycles. The zero-order valence-electron chi connectivity index (χ0n) is 16.6. The number of hydrogen-bond donors (Lipinski definition) is 1. The third kappa shape index (κ3) is 3.49. The summed E-state index contributed by atoms with van der Waals surface area (Å²) < 4.78 is 6.07. The van der Waals surface area contributed by atoms with E-state index in [4.69, 9.17) is 4.42 Å². The van der Waals surface area contributed by atoms with Crippen LogP contribution in [0.2, 0.25) is 0 Å². The highest BCUT2D eigenvalue weighted by Gasteiger charge is 2.33. The van der Waals surface area contributed by atoms with Gasteiger partial charge in [-0.2, -0.15) is 10.2 Å². The van der Waals surface area contributed by atoms with Gasteiger partial charge in [-0.25, -0.2) is 0 Å². The summed E-state index contributed by atoms with van der Waals surface area (Å²) in [6.45, 7) is 3.30. The SMILES string of the molecule is N#Cc1nc(-c2cccc3ccccc23)oc1NC[C@@H]1CCCN2CCCC[C@H]12. The minimum absolute atomic E-state index is 0.337. The van der Waals surface area contributed by atoms with E-state index >= 15 is 0 Å². The molecule has 2 aromatic carbocycles. The molecule has 2 aliphatic heterocycles. The molecule has 5 nitrogen and oxygen atoms in total. The van der Waals surface area contributed by atoms with Gasteiger partial charge >= 0.3 is 0 Å². The van der Waals surface area contributed by atoms with Crippen molar-refractivity contribution in [3.05, 3.63) is 48.2 Å². The summed E-state index contributed by atoms with van der Waals surface area (Å²) >= 11 is 0. The van der Waals surface area contributed by atoms with E-state index in [2.05, 4.69) is 39.5 Å². The number of anilines is 1. The fourth-order valence-electron chi connectivity index (χ4n) is 5.08. The molecule has 0 bridgehead atoms. The quantitative estimate of drug-likeness (QED) is 0.680. The van der Waals surface area contributed by atoms with Crippen LogP contribution in [-0.4, -0.2) is 35.6 Å². The molecule has 1 N–H and O–H groups in total. The van der Waals surface area contributed by atoms with Gasteiger partial charge < -0.3 is 14.6 Å². The highest BCUT2D eigenvalue weighted by molar-refractivity contribution is 5.94. The minimum Gasteiger partial charge on any atom is -0.419 e. The van der Waals surface area contributed by atoms with Gasteiger partial charge in [0.15, 0.2) is 0 Å². The summed E-state index contributed by atoms with van der Waals surface area (Å²) in [4.78, 5) is 7.15. The third-order valence-corrected chi connectivity index (χ3v) is 6.51. The van der Waals surface area contributed by atoms with Gasteiger partial charge in [0.2, 0.25) is 17.5 Å². The van der Waals surface area contributed by atoms with Crippen molar-refractivity contribution in [3.8, 4) is 17.5 Å². The van der Waals surface area contributed by atoms with Crippen molar-refractivity contribution >= 4 is 16.7 Å². The second-order valence-electron chi connectivity index (χ2n) is 8.22. The van der Waals surface area contributed by atoms with Gasteiger partial charge in [0.05, 0.1) is 0 Å². The molecule has 148 valence electrons. The first-order valence-corrected chi connectivity index (χ1v) is 10.7. The van der Waals surface area contributed by atoms with E-state index in [1.54, 1.807) is 0 Å². The summed E-state index contributed by atoms with van der Waals surface area (Å²) in [5, 5.41) is 15.2. The lowest BCUT2D eigenvalue weighted by atomic mass is 9.83.